The summed E-state index contributed by atoms with van der Waals surface area (Å²) in [5, 5.41) is 2.67. The van der Waals surface area contributed by atoms with Crippen LogP contribution in [0.1, 0.15) is 22.8 Å². The van der Waals surface area contributed by atoms with E-state index in [-0.39, 0.29) is 6.61 Å². The largest absolute Gasteiger partial charge is 0.497 e. The number of amides is 1. The van der Waals surface area contributed by atoms with E-state index in [1.165, 1.54) is 0 Å². The Bertz CT molecular complexity index is 757. The molecule has 6 nitrogen and oxygen atoms in total. The summed E-state index contributed by atoms with van der Waals surface area (Å²) in [5.74, 6) is 0.218. The maximum atomic E-state index is 12.1. The average Bonchev–Trinajstić information content (AvgIpc) is 2.61. The second-order valence-electron chi connectivity index (χ2n) is 5.23. The maximum Gasteiger partial charge on any atom is 0.338 e. The van der Waals surface area contributed by atoms with Crippen molar-refractivity contribution in [1.82, 2.24) is 0 Å². The fourth-order valence-corrected chi connectivity index (χ4v) is 2.24. The Hall–Kier alpha value is -3.02. The third kappa shape index (κ3) is 4.97. The summed E-state index contributed by atoms with van der Waals surface area (Å²) in [5.41, 5.74) is 1.64. The molecule has 0 unspecified atom stereocenters. The molecule has 0 aliphatic carbocycles. The Morgan fingerprint density at radius 2 is 1.88 bits per heavy atom. The van der Waals surface area contributed by atoms with Gasteiger partial charge in [-0.1, -0.05) is 12.1 Å². The van der Waals surface area contributed by atoms with Gasteiger partial charge in [0.15, 0.2) is 6.61 Å². The van der Waals surface area contributed by atoms with Crippen molar-refractivity contribution in [2.24, 2.45) is 0 Å². The van der Waals surface area contributed by atoms with Gasteiger partial charge < -0.3 is 19.5 Å². The van der Waals surface area contributed by atoms with Gasteiger partial charge in [0.2, 0.25) is 0 Å². The van der Waals surface area contributed by atoms with E-state index in [2.05, 4.69) is 5.32 Å². The van der Waals surface area contributed by atoms with Gasteiger partial charge >= 0.3 is 5.97 Å². The Balaban J connectivity index is 1.95. The number of carbonyl (C=O) groups is 2. The zero-order chi connectivity index (χ0) is 18.2. The SMILES string of the molecule is CCOc1ccccc1NC(=O)COC(=O)c1ccc(OC)cc1C. The van der Waals surface area contributed by atoms with Crippen LogP contribution in [0.2, 0.25) is 0 Å². The molecule has 0 aliphatic rings. The van der Waals surface area contributed by atoms with Gasteiger partial charge in [-0.15, -0.1) is 0 Å². The number of ether oxygens (including phenoxy) is 3. The summed E-state index contributed by atoms with van der Waals surface area (Å²) in [6.07, 6.45) is 0. The molecule has 25 heavy (non-hydrogen) atoms. The number of benzene rings is 2. The number of para-hydroxylation sites is 2. The summed E-state index contributed by atoms with van der Waals surface area (Å²) < 4.78 is 15.6. The quantitative estimate of drug-likeness (QED) is 0.782. The second-order valence-corrected chi connectivity index (χ2v) is 5.23. The smallest absolute Gasteiger partial charge is 0.338 e. The maximum absolute atomic E-state index is 12.1. The van der Waals surface area contributed by atoms with E-state index in [0.29, 0.717) is 34.9 Å². The molecule has 0 aliphatic heterocycles. The van der Waals surface area contributed by atoms with Gasteiger partial charge in [0.05, 0.1) is 25.0 Å². The van der Waals surface area contributed by atoms with Gasteiger partial charge in [-0.25, -0.2) is 4.79 Å². The van der Waals surface area contributed by atoms with Gasteiger partial charge in [0.25, 0.3) is 5.91 Å². The van der Waals surface area contributed by atoms with Crippen molar-refractivity contribution in [2.45, 2.75) is 13.8 Å². The van der Waals surface area contributed by atoms with Crippen LogP contribution in [0, 0.1) is 6.92 Å². The minimum absolute atomic E-state index is 0.384. The van der Waals surface area contributed by atoms with E-state index in [4.69, 9.17) is 14.2 Å². The molecule has 0 aromatic heterocycles. The normalized spacial score (nSPS) is 10.0. The van der Waals surface area contributed by atoms with E-state index in [1.807, 2.05) is 13.0 Å². The Morgan fingerprint density at radius 1 is 1.12 bits per heavy atom. The molecule has 6 heteroatoms. The molecule has 0 fully saturated rings. The lowest BCUT2D eigenvalue weighted by Crippen LogP contribution is -2.21. The van der Waals surface area contributed by atoms with Crippen LogP contribution in [-0.2, 0) is 9.53 Å². The predicted molar refractivity (Wildman–Crippen MR) is 94.3 cm³/mol. The highest BCUT2D eigenvalue weighted by Gasteiger charge is 2.14. The molecule has 0 spiro atoms. The number of carbonyl (C=O) groups excluding carboxylic acids is 2. The van der Waals surface area contributed by atoms with Crippen LogP contribution < -0.4 is 14.8 Å². The lowest BCUT2D eigenvalue weighted by molar-refractivity contribution is -0.119. The molecule has 1 N–H and O–H groups in total. The zero-order valence-electron chi connectivity index (χ0n) is 14.5. The van der Waals surface area contributed by atoms with Gasteiger partial charge in [0.1, 0.15) is 11.5 Å². The standard InChI is InChI=1S/C19H21NO5/c1-4-24-17-8-6-5-7-16(17)20-18(21)12-25-19(22)15-10-9-14(23-3)11-13(15)2/h5-11H,4,12H2,1-3H3,(H,20,21). The Morgan fingerprint density at radius 3 is 2.56 bits per heavy atom. The highest BCUT2D eigenvalue weighted by molar-refractivity contribution is 5.96. The molecule has 0 atom stereocenters. The number of esters is 1. The van der Waals surface area contributed by atoms with E-state index >= 15 is 0 Å². The summed E-state index contributed by atoms with van der Waals surface area (Å²) in [6, 6.07) is 12.1. The van der Waals surface area contributed by atoms with Crippen LogP contribution in [0.3, 0.4) is 0 Å². The number of anilines is 1. The molecule has 0 heterocycles. The lowest BCUT2D eigenvalue weighted by Gasteiger charge is -2.12. The van der Waals surface area contributed by atoms with Crippen molar-refractivity contribution in [3.63, 3.8) is 0 Å². The molecular weight excluding hydrogens is 322 g/mol. The number of hydrogen-bond donors (Lipinski definition) is 1. The van der Waals surface area contributed by atoms with Crippen molar-refractivity contribution in [2.75, 3.05) is 25.6 Å². The Kier molecular flexibility index (Phi) is 6.39. The molecule has 2 aromatic rings. The first-order chi connectivity index (χ1) is 12.0. The average molecular weight is 343 g/mol. The fourth-order valence-electron chi connectivity index (χ4n) is 2.24. The van der Waals surface area contributed by atoms with Crippen molar-refractivity contribution in [1.29, 1.82) is 0 Å². The number of nitrogens with one attached hydrogen (secondary N) is 1. The molecular formula is C19H21NO5. The third-order valence-corrected chi connectivity index (χ3v) is 3.45. The van der Waals surface area contributed by atoms with Crippen LogP contribution in [0.4, 0.5) is 5.69 Å². The molecule has 0 bridgehead atoms. The monoisotopic (exact) mass is 343 g/mol. The molecule has 0 saturated heterocycles. The van der Waals surface area contributed by atoms with Crippen molar-refractivity contribution >= 4 is 17.6 Å². The van der Waals surface area contributed by atoms with Crippen LogP contribution in [0.5, 0.6) is 11.5 Å². The fraction of sp³-hybridized carbons (Fsp3) is 0.263. The molecule has 132 valence electrons. The van der Waals surface area contributed by atoms with E-state index in [1.54, 1.807) is 50.4 Å². The van der Waals surface area contributed by atoms with E-state index in [0.717, 1.165) is 0 Å². The first-order valence-corrected chi connectivity index (χ1v) is 7.88. The van der Waals surface area contributed by atoms with Crippen LogP contribution in [0.25, 0.3) is 0 Å². The first kappa shape index (κ1) is 18.3. The predicted octanol–water partition coefficient (Wildman–Crippen LogP) is 3.20. The summed E-state index contributed by atoms with van der Waals surface area (Å²) in [7, 11) is 1.55. The summed E-state index contributed by atoms with van der Waals surface area (Å²) >= 11 is 0. The van der Waals surface area contributed by atoms with Crippen molar-refractivity contribution in [3.8, 4) is 11.5 Å². The van der Waals surface area contributed by atoms with Gasteiger partial charge in [-0.3, -0.25) is 4.79 Å². The summed E-state index contributed by atoms with van der Waals surface area (Å²) in [4.78, 5) is 24.1. The number of aryl methyl sites for hydroxylation is 1. The topological polar surface area (TPSA) is 73.9 Å². The van der Waals surface area contributed by atoms with Gasteiger partial charge in [0, 0.05) is 0 Å². The second kappa shape index (κ2) is 8.73. The Labute approximate surface area is 146 Å². The van der Waals surface area contributed by atoms with Crippen LogP contribution in [-0.4, -0.2) is 32.2 Å². The van der Waals surface area contributed by atoms with Gasteiger partial charge in [-0.2, -0.15) is 0 Å². The lowest BCUT2D eigenvalue weighted by atomic mass is 10.1. The zero-order valence-corrected chi connectivity index (χ0v) is 14.5. The third-order valence-electron chi connectivity index (χ3n) is 3.45. The molecule has 1 amide bonds. The van der Waals surface area contributed by atoms with Crippen LogP contribution >= 0.6 is 0 Å². The van der Waals surface area contributed by atoms with Crippen LogP contribution in [0.15, 0.2) is 42.5 Å². The van der Waals surface area contributed by atoms with E-state index < -0.39 is 11.9 Å². The molecule has 2 rings (SSSR count). The van der Waals surface area contributed by atoms with Crippen molar-refractivity contribution < 1.29 is 23.8 Å². The highest BCUT2D eigenvalue weighted by Crippen LogP contribution is 2.23. The van der Waals surface area contributed by atoms with Crippen molar-refractivity contribution in [3.05, 3.63) is 53.6 Å². The number of methoxy groups -OCH3 is 1. The molecule has 2 aromatic carbocycles. The molecule has 0 radical (unpaired) electrons. The molecule has 0 saturated carbocycles. The van der Waals surface area contributed by atoms with E-state index in [9.17, 15) is 9.59 Å². The highest BCUT2D eigenvalue weighted by atomic mass is 16.5. The minimum atomic E-state index is -0.562. The summed E-state index contributed by atoms with van der Waals surface area (Å²) in [6.45, 7) is 3.73. The first-order valence-electron chi connectivity index (χ1n) is 7.88. The van der Waals surface area contributed by atoms with Gasteiger partial charge in [-0.05, 0) is 49.7 Å². The number of rotatable bonds is 7. The number of hydrogen-bond acceptors (Lipinski definition) is 5. The minimum Gasteiger partial charge on any atom is -0.497 e.